The van der Waals surface area contributed by atoms with Gasteiger partial charge in [-0.25, -0.2) is 0 Å². The van der Waals surface area contributed by atoms with Crippen molar-refractivity contribution in [2.75, 3.05) is 6.54 Å². The molecule has 0 aromatic rings. The second kappa shape index (κ2) is 3.80. The maximum atomic E-state index is 12.3. The molecule has 1 heterocycles. The molecular weight excluding hydrogens is 216 g/mol. The lowest BCUT2D eigenvalue weighted by Gasteiger charge is -2.40. The molecule has 17 heavy (non-hydrogen) atoms. The van der Waals surface area contributed by atoms with E-state index in [1.165, 1.54) is 4.90 Å². The Hall–Kier alpha value is -0.900. The quantitative estimate of drug-likeness (QED) is 0.753. The summed E-state index contributed by atoms with van der Waals surface area (Å²) in [6, 6.07) is 0. The molecule has 2 rings (SSSR count). The summed E-state index contributed by atoms with van der Waals surface area (Å²) < 4.78 is 0. The van der Waals surface area contributed by atoms with Crippen molar-refractivity contribution < 1.29 is 9.59 Å². The third-order valence-electron chi connectivity index (χ3n) is 4.65. The Morgan fingerprint density at radius 2 is 1.94 bits per heavy atom. The van der Waals surface area contributed by atoms with Gasteiger partial charge in [0, 0.05) is 18.5 Å². The molecular formula is C13H22N2O2. The van der Waals surface area contributed by atoms with E-state index >= 15 is 0 Å². The molecule has 1 aliphatic heterocycles. The molecule has 0 bridgehead atoms. The zero-order valence-corrected chi connectivity index (χ0v) is 11.0. The zero-order chi connectivity index (χ0) is 12.8. The molecule has 1 saturated heterocycles. The molecule has 0 spiro atoms. The third-order valence-corrected chi connectivity index (χ3v) is 4.65. The minimum Gasteiger partial charge on any atom is -0.324 e. The summed E-state index contributed by atoms with van der Waals surface area (Å²) in [5, 5.41) is 0. The third kappa shape index (κ3) is 1.88. The van der Waals surface area contributed by atoms with Gasteiger partial charge in [-0.15, -0.1) is 0 Å². The van der Waals surface area contributed by atoms with Crippen LogP contribution in [0, 0.1) is 11.3 Å². The van der Waals surface area contributed by atoms with Crippen LogP contribution in [-0.2, 0) is 9.59 Å². The van der Waals surface area contributed by atoms with Crippen molar-refractivity contribution in [2.24, 2.45) is 17.1 Å². The first-order valence-corrected chi connectivity index (χ1v) is 6.42. The molecule has 1 aliphatic carbocycles. The fourth-order valence-electron chi connectivity index (χ4n) is 2.62. The molecule has 0 radical (unpaired) electrons. The molecule has 0 aromatic carbocycles. The summed E-state index contributed by atoms with van der Waals surface area (Å²) in [4.78, 5) is 25.7. The second-order valence-electron chi connectivity index (χ2n) is 6.25. The van der Waals surface area contributed by atoms with E-state index in [0.29, 0.717) is 13.0 Å². The predicted molar refractivity (Wildman–Crippen MR) is 65.1 cm³/mol. The number of carbonyl (C=O) groups is 2. The summed E-state index contributed by atoms with van der Waals surface area (Å²) >= 11 is 0. The van der Waals surface area contributed by atoms with Crippen molar-refractivity contribution >= 4 is 11.8 Å². The predicted octanol–water partition coefficient (Wildman–Crippen LogP) is 1.29. The van der Waals surface area contributed by atoms with Crippen LogP contribution in [0.15, 0.2) is 0 Å². The number of nitrogens with zero attached hydrogens (tertiary/aromatic N) is 1. The van der Waals surface area contributed by atoms with Gasteiger partial charge in [-0.05, 0) is 32.1 Å². The fourth-order valence-corrected chi connectivity index (χ4v) is 2.62. The average molecular weight is 238 g/mol. The number of hydrogen-bond donors (Lipinski definition) is 1. The Labute approximate surface area is 103 Å². The molecule has 4 heteroatoms. The molecule has 1 saturated carbocycles. The van der Waals surface area contributed by atoms with Crippen LogP contribution in [-0.4, -0.2) is 28.8 Å². The van der Waals surface area contributed by atoms with Gasteiger partial charge in [0.25, 0.3) is 0 Å². The summed E-state index contributed by atoms with van der Waals surface area (Å²) in [7, 11) is 0. The minimum absolute atomic E-state index is 0.0331. The fraction of sp³-hybridized carbons (Fsp3) is 0.846. The highest BCUT2D eigenvalue weighted by molar-refractivity contribution is 6.05. The van der Waals surface area contributed by atoms with Crippen molar-refractivity contribution in [2.45, 2.75) is 52.0 Å². The lowest BCUT2D eigenvalue weighted by atomic mass is 9.76. The lowest BCUT2D eigenvalue weighted by Crippen LogP contribution is -2.56. The van der Waals surface area contributed by atoms with Gasteiger partial charge in [-0.3, -0.25) is 14.5 Å². The van der Waals surface area contributed by atoms with Gasteiger partial charge in [-0.2, -0.15) is 0 Å². The maximum absolute atomic E-state index is 12.3. The molecule has 2 amide bonds. The highest BCUT2D eigenvalue weighted by Gasteiger charge is 2.52. The molecule has 96 valence electrons. The Bertz CT molecular complexity index is 360. The normalized spacial score (nSPS) is 32.2. The first-order valence-electron chi connectivity index (χ1n) is 6.42. The van der Waals surface area contributed by atoms with Crippen LogP contribution in [0.5, 0.6) is 0 Å². The highest BCUT2D eigenvalue weighted by Crippen LogP contribution is 2.41. The van der Waals surface area contributed by atoms with Crippen LogP contribution in [0.25, 0.3) is 0 Å². The maximum Gasteiger partial charge on any atom is 0.235 e. The largest absolute Gasteiger partial charge is 0.324 e. The van der Waals surface area contributed by atoms with Crippen LogP contribution in [0.1, 0.15) is 46.5 Å². The van der Waals surface area contributed by atoms with E-state index < -0.39 is 5.41 Å². The van der Waals surface area contributed by atoms with E-state index in [1.807, 2.05) is 20.8 Å². The Morgan fingerprint density at radius 1 is 1.35 bits per heavy atom. The van der Waals surface area contributed by atoms with Crippen LogP contribution < -0.4 is 5.73 Å². The number of carbonyl (C=O) groups excluding carboxylic acids is 2. The Kier molecular flexibility index (Phi) is 2.81. The molecule has 2 aliphatic rings. The molecule has 2 fully saturated rings. The molecule has 0 aromatic heterocycles. The van der Waals surface area contributed by atoms with Gasteiger partial charge >= 0.3 is 0 Å². The first-order chi connectivity index (χ1) is 7.78. The van der Waals surface area contributed by atoms with Crippen LogP contribution >= 0.6 is 0 Å². The van der Waals surface area contributed by atoms with E-state index in [0.717, 1.165) is 19.3 Å². The van der Waals surface area contributed by atoms with Gasteiger partial charge < -0.3 is 5.73 Å². The van der Waals surface area contributed by atoms with Crippen molar-refractivity contribution in [3.63, 3.8) is 0 Å². The summed E-state index contributed by atoms with van der Waals surface area (Å²) in [5.74, 6) is 0.0937. The Balaban J connectivity index is 2.14. The zero-order valence-electron chi connectivity index (χ0n) is 11.0. The van der Waals surface area contributed by atoms with Gasteiger partial charge in [0.15, 0.2) is 0 Å². The number of imide groups is 1. The van der Waals surface area contributed by atoms with E-state index in [-0.39, 0.29) is 23.3 Å². The number of likely N-dealkylation sites (tertiary alicyclic amines) is 1. The van der Waals surface area contributed by atoms with Crippen LogP contribution in [0.2, 0.25) is 0 Å². The molecule has 4 nitrogen and oxygen atoms in total. The first kappa shape index (κ1) is 12.6. The number of hydrogen-bond acceptors (Lipinski definition) is 3. The van der Waals surface area contributed by atoms with Gasteiger partial charge in [-0.1, -0.05) is 13.8 Å². The summed E-state index contributed by atoms with van der Waals surface area (Å²) in [5.41, 5.74) is 5.28. The Morgan fingerprint density at radius 3 is 2.29 bits per heavy atom. The highest BCUT2D eigenvalue weighted by atomic mass is 16.2. The van der Waals surface area contributed by atoms with Crippen molar-refractivity contribution in [1.82, 2.24) is 4.90 Å². The lowest BCUT2D eigenvalue weighted by molar-refractivity contribution is -0.143. The molecule has 2 N–H and O–H groups in total. The van der Waals surface area contributed by atoms with Gasteiger partial charge in [0.1, 0.15) is 0 Å². The van der Waals surface area contributed by atoms with E-state index in [1.54, 1.807) is 0 Å². The van der Waals surface area contributed by atoms with Crippen molar-refractivity contribution in [3.05, 3.63) is 0 Å². The van der Waals surface area contributed by atoms with E-state index in [9.17, 15) is 9.59 Å². The van der Waals surface area contributed by atoms with Crippen molar-refractivity contribution in [3.8, 4) is 0 Å². The number of rotatable bonds is 3. The van der Waals surface area contributed by atoms with Crippen LogP contribution in [0.4, 0.5) is 0 Å². The smallest absolute Gasteiger partial charge is 0.235 e. The monoisotopic (exact) mass is 238 g/mol. The van der Waals surface area contributed by atoms with E-state index in [4.69, 9.17) is 5.73 Å². The van der Waals surface area contributed by atoms with Gasteiger partial charge in [0.2, 0.25) is 11.8 Å². The summed E-state index contributed by atoms with van der Waals surface area (Å²) in [6.45, 7) is 6.29. The second-order valence-corrected chi connectivity index (χ2v) is 6.25. The van der Waals surface area contributed by atoms with Crippen molar-refractivity contribution in [1.29, 1.82) is 0 Å². The average Bonchev–Trinajstić information content (AvgIpc) is 2.41. The molecule has 1 unspecified atom stereocenters. The van der Waals surface area contributed by atoms with Gasteiger partial charge in [0.05, 0.1) is 5.41 Å². The standard InChI is InChI=1S/C13H22N2O2/c1-9(2)12(3)7-10(16)15(11(12)17)8-13(14)5-4-6-13/h9H,4-8,14H2,1-3H3. The topological polar surface area (TPSA) is 63.4 Å². The van der Waals surface area contributed by atoms with Crippen LogP contribution in [0.3, 0.4) is 0 Å². The number of nitrogens with two attached hydrogens (primary N) is 1. The summed E-state index contributed by atoms with van der Waals surface area (Å²) in [6.07, 6.45) is 3.28. The molecule has 1 atom stereocenters. The van der Waals surface area contributed by atoms with E-state index in [2.05, 4.69) is 0 Å². The SMILES string of the molecule is CC(C)C1(C)CC(=O)N(CC2(N)CCC2)C1=O. The number of amides is 2. The minimum atomic E-state index is -0.531.